The normalized spacial score (nSPS) is 40.0. The summed E-state index contributed by atoms with van der Waals surface area (Å²) < 4.78 is 19.0. The lowest BCUT2D eigenvalue weighted by atomic mass is 9.43. The third-order valence-corrected chi connectivity index (χ3v) is 13.2. The molecule has 1 N–H and O–H groups in total. The van der Waals surface area contributed by atoms with Gasteiger partial charge in [0.1, 0.15) is 6.10 Å². The summed E-state index contributed by atoms with van der Waals surface area (Å²) in [5.74, 6) is 1.48. The number of hydrogen-bond acceptors (Lipinski definition) is 5. The Labute approximate surface area is 252 Å². The summed E-state index contributed by atoms with van der Waals surface area (Å²) in [4.78, 5) is 24.9. The lowest BCUT2D eigenvalue weighted by Crippen LogP contribution is -2.60. The summed E-state index contributed by atoms with van der Waals surface area (Å²) in [5, 5.41) is 9.34. The van der Waals surface area contributed by atoms with Gasteiger partial charge in [0.25, 0.3) is 0 Å². The number of esters is 1. The largest absolute Gasteiger partial charge is 0.481 e. The van der Waals surface area contributed by atoms with Crippen LogP contribution in [0.25, 0.3) is 0 Å². The van der Waals surface area contributed by atoms with Crippen molar-refractivity contribution in [2.24, 2.45) is 52.3 Å². The number of benzene rings is 1. The molecule has 0 aromatic heterocycles. The van der Waals surface area contributed by atoms with Crippen LogP contribution in [0.4, 0.5) is 0 Å². The van der Waals surface area contributed by atoms with Gasteiger partial charge in [0.05, 0.1) is 24.7 Å². The molecule has 0 bridgehead atoms. The van der Waals surface area contributed by atoms with Crippen molar-refractivity contribution in [3.8, 4) is 0 Å². The average Bonchev–Trinajstić information content (AvgIpc) is 3.58. The van der Waals surface area contributed by atoms with Crippen LogP contribution in [0.3, 0.4) is 0 Å². The molecule has 1 aromatic rings. The molecule has 1 aromatic carbocycles. The van der Waals surface area contributed by atoms with Gasteiger partial charge in [-0.2, -0.15) is 0 Å². The van der Waals surface area contributed by atoms with Crippen molar-refractivity contribution in [3.05, 3.63) is 35.9 Å². The molecule has 232 valence electrons. The number of carboxylic acid groups (broad SMARTS) is 1. The van der Waals surface area contributed by atoms with E-state index in [-0.39, 0.29) is 28.8 Å². The van der Waals surface area contributed by atoms with Gasteiger partial charge in [0, 0.05) is 18.8 Å². The molecule has 1 spiro atoms. The summed E-state index contributed by atoms with van der Waals surface area (Å²) in [5.41, 5.74) is 1.07. The Hall–Kier alpha value is -1.92. The van der Waals surface area contributed by atoms with E-state index in [1.54, 1.807) is 0 Å². The van der Waals surface area contributed by atoms with Gasteiger partial charge in [-0.25, -0.2) is 4.79 Å². The second kappa shape index (κ2) is 11.5. The van der Waals surface area contributed by atoms with E-state index in [1.807, 2.05) is 37.3 Å². The molecule has 4 saturated carbocycles. The summed E-state index contributed by atoms with van der Waals surface area (Å²) in [6, 6.07) is 9.50. The predicted octanol–water partition coefficient (Wildman–Crippen LogP) is 7.75. The van der Waals surface area contributed by atoms with Gasteiger partial charge in [-0.15, -0.1) is 0 Å². The zero-order valence-electron chi connectivity index (χ0n) is 26.2. The molecule has 1 heterocycles. The second-order valence-corrected chi connectivity index (χ2v) is 15.2. The van der Waals surface area contributed by atoms with Crippen LogP contribution in [-0.4, -0.2) is 42.1 Å². The SMILES string of the molecule is CC(CCC[C@@H](C)[C@H]1CCC2C3C(CC[C@@]21C)[C@@]1(C)CCC2(C[C@@H]1C[C@H]3OC(=O)c1ccccc1)OCCO2)C(=O)O. The monoisotopic (exact) mass is 580 g/mol. The van der Waals surface area contributed by atoms with Crippen LogP contribution in [0.1, 0.15) is 109 Å². The molecule has 4 aliphatic carbocycles. The van der Waals surface area contributed by atoms with Gasteiger partial charge in [-0.1, -0.05) is 58.7 Å². The lowest BCUT2D eigenvalue weighted by molar-refractivity contribution is -0.242. The number of ether oxygens (including phenoxy) is 3. The predicted molar refractivity (Wildman–Crippen MR) is 161 cm³/mol. The topological polar surface area (TPSA) is 82.1 Å². The molecule has 5 fully saturated rings. The Kier molecular flexibility index (Phi) is 8.28. The molecule has 1 aliphatic heterocycles. The number of aliphatic carboxylic acids is 1. The van der Waals surface area contributed by atoms with Crippen molar-refractivity contribution in [2.75, 3.05) is 13.2 Å². The minimum absolute atomic E-state index is 0.0903. The maximum atomic E-state index is 13.5. The molecule has 6 heteroatoms. The first-order chi connectivity index (χ1) is 20.1. The number of carbonyl (C=O) groups excluding carboxylic acids is 1. The van der Waals surface area contributed by atoms with Crippen LogP contribution < -0.4 is 0 Å². The van der Waals surface area contributed by atoms with E-state index in [0.29, 0.717) is 54.3 Å². The summed E-state index contributed by atoms with van der Waals surface area (Å²) >= 11 is 0. The third-order valence-electron chi connectivity index (χ3n) is 13.2. The van der Waals surface area contributed by atoms with E-state index in [2.05, 4.69) is 20.8 Å². The fraction of sp³-hybridized carbons (Fsp3) is 0.778. The van der Waals surface area contributed by atoms with Crippen LogP contribution in [0.5, 0.6) is 0 Å². The Balaban J connectivity index is 1.25. The van der Waals surface area contributed by atoms with Crippen LogP contribution in [0.15, 0.2) is 30.3 Å². The van der Waals surface area contributed by atoms with Gasteiger partial charge in [-0.3, -0.25) is 4.79 Å². The zero-order valence-corrected chi connectivity index (χ0v) is 26.2. The van der Waals surface area contributed by atoms with E-state index in [9.17, 15) is 14.7 Å². The summed E-state index contributed by atoms with van der Waals surface area (Å²) in [6.45, 7) is 10.7. The molecule has 4 unspecified atom stereocenters. The fourth-order valence-corrected chi connectivity index (χ4v) is 10.8. The number of hydrogen-bond donors (Lipinski definition) is 1. The van der Waals surface area contributed by atoms with E-state index in [4.69, 9.17) is 14.2 Å². The molecule has 5 aliphatic rings. The van der Waals surface area contributed by atoms with Gasteiger partial charge in [0.15, 0.2) is 5.79 Å². The van der Waals surface area contributed by atoms with Crippen LogP contribution in [0.2, 0.25) is 0 Å². The number of fused-ring (bicyclic) bond motifs is 5. The summed E-state index contributed by atoms with van der Waals surface area (Å²) in [6.07, 6.45) is 11.5. The van der Waals surface area contributed by atoms with E-state index < -0.39 is 11.8 Å². The highest BCUT2D eigenvalue weighted by atomic mass is 16.7. The quantitative estimate of drug-likeness (QED) is 0.317. The van der Waals surface area contributed by atoms with Crippen molar-refractivity contribution >= 4 is 11.9 Å². The van der Waals surface area contributed by atoms with E-state index in [0.717, 1.165) is 44.9 Å². The first-order valence-electron chi connectivity index (χ1n) is 16.8. The standard InChI is InChI=1S/C36H52O6/c1-23(9-8-10-24(2)32(37)38)27-13-14-28-31-29(15-16-35(27,28)4)34(3)17-18-36(40-19-20-41-36)22-26(34)21-30(31)42-33(39)25-11-6-5-7-12-25/h5-7,11-12,23-24,26-31H,8-10,13-22H2,1-4H3,(H,37,38)/t23-,24?,26+,27-,28?,29?,30-,31?,34+,35-/m1/s1. The maximum Gasteiger partial charge on any atom is 0.338 e. The minimum atomic E-state index is -0.686. The van der Waals surface area contributed by atoms with Crippen molar-refractivity contribution < 1.29 is 28.9 Å². The highest BCUT2D eigenvalue weighted by molar-refractivity contribution is 5.89. The lowest BCUT2D eigenvalue weighted by Gasteiger charge is -2.63. The van der Waals surface area contributed by atoms with Gasteiger partial charge >= 0.3 is 11.9 Å². The smallest absolute Gasteiger partial charge is 0.338 e. The van der Waals surface area contributed by atoms with Gasteiger partial charge in [0.2, 0.25) is 0 Å². The molecule has 0 radical (unpaired) electrons. The molecule has 0 amide bonds. The zero-order chi connectivity index (χ0) is 29.7. The molecule has 42 heavy (non-hydrogen) atoms. The maximum absolute atomic E-state index is 13.5. The average molecular weight is 581 g/mol. The number of rotatable bonds is 8. The Morgan fingerprint density at radius 1 is 0.952 bits per heavy atom. The molecule has 6 nitrogen and oxygen atoms in total. The first kappa shape index (κ1) is 30.1. The van der Waals surface area contributed by atoms with Crippen molar-refractivity contribution in [1.82, 2.24) is 0 Å². The number of carbonyl (C=O) groups is 2. The van der Waals surface area contributed by atoms with Gasteiger partial charge < -0.3 is 19.3 Å². The molecular formula is C36H52O6. The molecule has 10 atom stereocenters. The third kappa shape index (κ3) is 5.23. The van der Waals surface area contributed by atoms with Crippen LogP contribution in [-0.2, 0) is 19.0 Å². The summed E-state index contributed by atoms with van der Waals surface area (Å²) in [7, 11) is 0. The van der Waals surface area contributed by atoms with E-state index in [1.165, 1.54) is 25.7 Å². The van der Waals surface area contributed by atoms with Crippen molar-refractivity contribution in [3.63, 3.8) is 0 Å². The highest BCUT2D eigenvalue weighted by Gasteiger charge is 2.65. The van der Waals surface area contributed by atoms with Crippen LogP contribution in [0, 0.1) is 52.3 Å². The molecule has 1 saturated heterocycles. The van der Waals surface area contributed by atoms with Gasteiger partial charge in [-0.05, 0) is 97.5 Å². The first-order valence-corrected chi connectivity index (χ1v) is 16.8. The van der Waals surface area contributed by atoms with Crippen LogP contribution >= 0.6 is 0 Å². The van der Waals surface area contributed by atoms with Crippen molar-refractivity contribution in [2.45, 2.75) is 110 Å². The fourth-order valence-electron chi connectivity index (χ4n) is 10.8. The number of carboxylic acids is 1. The Bertz CT molecular complexity index is 1130. The minimum Gasteiger partial charge on any atom is -0.481 e. The van der Waals surface area contributed by atoms with Crippen molar-refractivity contribution in [1.29, 1.82) is 0 Å². The highest BCUT2D eigenvalue weighted by Crippen LogP contribution is 2.69. The Morgan fingerprint density at radius 3 is 2.38 bits per heavy atom. The second-order valence-electron chi connectivity index (χ2n) is 15.2. The van der Waals surface area contributed by atoms with E-state index >= 15 is 0 Å². The molecule has 6 rings (SSSR count). The molecular weight excluding hydrogens is 528 g/mol. The Morgan fingerprint density at radius 2 is 1.67 bits per heavy atom.